The largest absolute Gasteiger partial charge is 0.488 e. The number of ether oxygens (including phenoxy) is 1. The standard InChI is InChI=1S/C32H34F3N5O3/c33-24-15-23(16-25(19-24)38-9-7-36-8-10-38)32(42)40-13-11-39(12-14-40)31(41)22-2-4-30(43-26-5-6-37-20-26)27(17-22)21-1-3-28(34)29(35)18-21/h1-4,15-19,26,36-37H,5-14,20H2. The van der Waals surface area contributed by atoms with E-state index in [1.165, 1.54) is 18.2 Å². The zero-order valence-corrected chi connectivity index (χ0v) is 23.8. The second-order valence-electron chi connectivity index (χ2n) is 11.1. The summed E-state index contributed by atoms with van der Waals surface area (Å²) >= 11 is 0. The quantitative estimate of drug-likeness (QED) is 0.456. The molecule has 0 bridgehead atoms. The van der Waals surface area contributed by atoms with Gasteiger partial charge in [-0.1, -0.05) is 6.07 Å². The SMILES string of the molecule is O=C(c1cc(F)cc(N2CCNCC2)c1)N1CCN(C(=O)c2ccc(OC3CCNC3)c(-c3ccc(F)c(F)c3)c2)CC1. The zero-order valence-electron chi connectivity index (χ0n) is 23.8. The summed E-state index contributed by atoms with van der Waals surface area (Å²) in [6.45, 7) is 5.78. The number of rotatable bonds is 6. The number of halogens is 3. The molecule has 3 heterocycles. The molecule has 3 aliphatic rings. The van der Waals surface area contributed by atoms with Crippen LogP contribution in [0.25, 0.3) is 11.1 Å². The van der Waals surface area contributed by atoms with E-state index in [1.807, 2.05) is 0 Å². The van der Waals surface area contributed by atoms with Crippen LogP contribution in [0.1, 0.15) is 27.1 Å². The van der Waals surface area contributed by atoms with Crippen molar-refractivity contribution in [2.24, 2.45) is 0 Å². The van der Waals surface area contributed by atoms with Crippen LogP contribution in [0.15, 0.2) is 54.6 Å². The van der Waals surface area contributed by atoms with E-state index < -0.39 is 17.5 Å². The third-order valence-electron chi connectivity index (χ3n) is 8.23. The average Bonchev–Trinajstić information content (AvgIpc) is 3.55. The summed E-state index contributed by atoms with van der Waals surface area (Å²) < 4.78 is 48.5. The normalized spacial score (nSPS) is 19.0. The van der Waals surface area contributed by atoms with Crippen molar-refractivity contribution in [2.45, 2.75) is 12.5 Å². The Morgan fingerprint density at radius 3 is 2.12 bits per heavy atom. The number of hydrogen-bond donors (Lipinski definition) is 2. The first-order chi connectivity index (χ1) is 20.9. The predicted molar refractivity (Wildman–Crippen MR) is 157 cm³/mol. The van der Waals surface area contributed by atoms with Crippen LogP contribution in [0.5, 0.6) is 5.75 Å². The summed E-state index contributed by atoms with van der Waals surface area (Å²) in [4.78, 5) is 32.2. The highest BCUT2D eigenvalue weighted by Gasteiger charge is 2.28. The highest BCUT2D eigenvalue weighted by atomic mass is 19.2. The Labute approximate surface area is 248 Å². The van der Waals surface area contributed by atoms with Crippen molar-refractivity contribution in [3.63, 3.8) is 0 Å². The lowest BCUT2D eigenvalue weighted by Gasteiger charge is -2.35. The maximum absolute atomic E-state index is 14.5. The lowest BCUT2D eigenvalue weighted by molar-refractivity contribution is 0.0535. The smallest absolute Gasteiger partial charge is 0.254 e. The minimum absolute atomic E-state index is 0.0674. The Hall–Kier alpha value is -4.09. The number of nitrogens with zero attached hydrogens (tertiary/aromatic N) is 3. The van der Waals surface area contributed by atoms with Gasteiger partial charge in [0.1, 0.15) is 17.7 Å². The molecular weight excluding hydrogens is 559 g/mol. The monoisotopic (exact) mass is 593 g/mol. The molecule has 43 heavy (non-hydrogen) atoms. The summed E-state index contributed by atoms with van der Waals surface area (Å²) in [5.74, 6) is -2.42. The Morgan fingerprint density at radius 2 is 1.44 bits per heavy atom. The van der Waals surface area contributed by atoms with Crippen molar-refractivity contribution < 1.29 is 27.5 Å². The van der Waals surface area contributed by atoms with Crippen molar-refractivity contribution in [3.05, 3.63) is 83.2 Å². The fourth-order valence-corrected chi connectivity index (χ4v) is 5.84. The van der Waals surface area contributed by atoms with Crippen LogP contribution in [0, 0.1) is 17.5 Å². The van der Waals surface area contributed by atoms with E-state index in [0.717, 1.165) is 51.3 Å². The van der Waals surface area contributed by atoms with Crippen molar-refractivity contribution in [2.75, 3.05) is 70.3 Å². The van der Waals surface area contributed by atoms with Crippen LogP contribution in [-0.2, 0) is 0 Å². The van der Waals surface area contributed by atoms with Gasteiger partial charge in [0.15, 0.2) is 11.6 Å². The zero-order chi connectivity index (χ0) is 29.9. The van der Waals surface area contributed by atoms with E-state index in [0.29, 0.717) is 60.9 Å². The van der Waals surface area contributed by atoms with Crippen LogP contribution in [-0.4, -0.2) is 93.2 Å². The van der Waals surface area contributed by atoms with E-state index >= 15 is 0 Å². The van der Waals surface area contributed by atoms with Gasteiger partial charge in [-0.15, -0.1) is 0 Å². The van der Waals surface area contributed by atoms with Crippen molar-refractivity contribution in [1.29, 1.82) is 0 Å². The fraction of sp³-hybridized carbons (Fsp3) is 0.375. The molecule has 0 aromatic heterocycles. The number of amides is 2. The van der Waals surface area contributed by atoms with Gasteiger partial charge in [0, 0.05) is 81.3 Å². The van der Waals surface area contributed by atoms with E-state index in [2.05, 4.69) is 15.5 Å². The first-order valence-corrected chi connectivity index (χ1v) is 14.7. The molecule has 3 aromatic carbocycles. The second-order valence-corrected chi connectivity index (χ2v) is 11.1. The van der Waals surface area contributed by atoms with Gasteiger partial charge in [-0.2, -0.15) is 0 Å². The number of hydrogen-bond acceptors (Lipinski definition) is 6. The maximum atomic E-state index is 14.5. The molecule has 2 amide bonds. The number of piperazine rings is 2. The number of nitrogens with one attached hydrogen (secondary N) is 2. The molecule has 3 fully saturated rings. The Bertz CT molecular complexity index is 1500. The van der Waals surface area contributed by atoms with Crippen molar-refractivity contribution in [3.8, 4) is 16.9 Å². The van der Waals surface area contributed by atoms with Crippen molar-refractivity contribution >= 4 is 17.5 Å². The van der Waals surface area contributed by atoms with Crippen LogP contribution >= 0.6 is 0 Å². The first-order valence-electron chi connectivity index (χ1n) is 14.7. The number of anilines is 1. The molecule has 226 valence electrons. The highest BCUT2D eigenvalue weighted by molar-refractivity contribution is 5.97. The summed E-state index contributed by atoms with van der Waals surface area (Å²) in [6, 6.07) is 13.1. The first kappa shape index (κ1) is 29.0. The molecule has 1 atom stereocenters. The molecular formula is C32H34F3N5O3. The predicted octanol–water partition coefficient (Wildman–Crippen LogP) is 3.52. The summed E-state index contributed by atoms with van der Waals surface area (Å²) in [7, 11) is 0. The second kappa shape index (κ2) is 12.6. The van der Waals surface area contributed by atoms with Gasteiger partial charge in [0.05, 0.1) is 0 Å². The van der Waals surface area contributed by atoms with E-state index in [-0.39, 0.29) is 23.5 Å². The number of carbonyl (C=O) groups is 2. The minimum Gasteiger partial charge on any atom is -0.488 e. The van der Waals surface area contributed by atoms with Gasteiger partial charge in [-0.25, -0.2) is 13.2 Å². The van der Waals surface area contributed by atoms with E-state index in [4.69, 9.17) is 4.74 Å². The van der Waals surface area contributed by atoms with Gasteiger partial charge in [-0.3, -0.25) is 9.59 Å². The molecule has 0 saturated carbocycles. The highest BCUT2D eigenvalue weighted by Crippen LogP contribution is 2.34. The average molecular weight is 594 g/mol. The third-order valence-corrected chi connectivity index (χ3v) is 8.23. The summed E-state index contributed by atoms with van der Waals surface area (Å²) in [5, 5.41) is 6.50. The van der Waals surface area contributed by atoms with Crippen LogP contribution in [0.2, 0.25) is 0 Å². The molecule has 3 aromatic rings. The molecule has 8 nitrogen and oxygen atoms in total. The van der Waals surface area contributed by atoms with E-state index in [9.17, 15) is 22.8 Å². The van der Waals surface area contributed by atoms with Crippen LogP contribution in [0.3, 0.4) is 0 Å². The molecule has 11 heteroatoms. The summed E-state index contributed by atoms with van der Waals surface area (Å²) in [5.41, 5.74) is 2.25. The molecule has 6 rings (SSSR count). The maximum Gasteiger partial charge on any atom is 0.254 e. The molecule has 0 spiro atoms. The Balaban J connectivity index is 1.16. The van der Waals surface area contributed by atoms with Gasteiger partial charge in [-0.05, 0) is 67.1 Å². The van der Waals surface area contributed by atoms with Crippen LogP contribution < -0.4 is 20.3 Å². The molecule has 3 aliphatic heterocycles. The van der Waals surface area contributed by atoms with Crippen LogP contribution in [0.4, 0.5) is 18.9 Å². The fourth-order valence-electron chi connectivity index (χ4n) is 5.84. The molecule has 2 N–H and O–H groups in total. The Kier molecular flexibility index (Phi) is 8.53. The molecule has 3 saturated heterocycles. The van der Waals surface area contributed by atoms with Gasteiger partial charge < -0.3 is 30.1 Å². The van der Waals surface area contributed by atoms with E-state index in [1.54, 1.807) is 34.1 Å². The van der Waals surface area contributed by atoms with Gasteiger partial charge in [0.2, 0.25) is 0 Å². The lowest BCUT2D eigenvalue weighted by atomic mass is 10.0. The Morgan fingerprint density at radius 1 is 0.721 bits per heavy atom. The lowest BCUT2D eigenvalue weighted by Crippen LogP contribution is -2.50. The minimum atomic E-state index is -0.984. The topological polar surface area (TPSA) is 77.2 Å². The van der Waals surface area contributed by atoms with Gasteiger partial charge >= 0.3 is 0 Å². The number of carbonyl (C=O) groups excluding carboxylic acids is 2. The third kappa shape index (κ3) is 6.47. The molecule has 0 radical (unpaired) electrons. The van der Waals surface area contributed by atoms with Gasteiger partial charge in [0.25, 0.3) is 11.8 Å². The van der Waals surface area contributed by atoms with Crippen molar-refractivity contribution in [1.82, 2.24) is 20.4 Å². The molecule has 1 unspecified atom stereocenters. The number of benzene rings is 3. The summed E-state index contributed by atoms with van der Waals surface area (Å²) in [6.07, 6.45) is 0.746. The molecule has 0 aliphatic carbocycles.